The molecule has 2 unspecified atom stereocenters. The zero-order valence-corrected chi connectivity index (χ0v) is 5.23. The van der Waals surface area contributed by atoms with E-state index in [9.17, 15) is 4.79 Å². The van der Waals surface area contributed by atoms with Gasteiger partial charge in [0.2, 0.25) is 0 Å². The summed E-state index contributed by atoms with van der Waals surface area (Å²) in [6.07, 6.45) is -2.24. The number of cyclic esters (lactones) is 1. The molecule has 1 rings (SSSR count). The van der Waals surface area contributed by atoms with E-state index in [2.05, 4.69) is 4.74 Å². The summed E-state index contributed by atoms with van der Waals surface area (Å²) in [6, 6.07) is -1.11. The second kappa shape index (κ2) is 2.53. The number of rotatable bonds is 0. The van der Waals surface area contributed by atoms with E-state index >= 15 is 0 Å². The maximum Gasteiger partial charge on any atom is 0.325 e. The molecule has 1 aliphatic rings. The van der Waals surface area contributed by atoms with Crippen molar-refractivity contribution in [2.45, 2.75) is 18.2 Å². The van der Waals surface area contributed by atoms with E-state index in [0.29, 0.717) is 0 Å². The lowest BCUT2D eigenvalue weighted by Gasteiger charge is -2.27. The van der Waals surface area contributed by atoms with Crippen LogP contribution in [-0.2, 0) is 9.53 Å². The molecule has 0 amide bonds. The molecule has 1 saturated heterocycles. The summed E-state index contributed by atoms with van der Waals surface area (Å²) in [6.45, 7) is -0.173. The normalized spacial score (nSPS) is 41.1. The maximum absolute atomic E-state index is 10.5. The van der Waals surface area contributed by atoms with E-state index in [1.54, 1.807) is 0 Å². The molecule has 3 atom stereocenters. The molecule has 0 spiro atoms. The predicted molar refractivity (Wildman–Crippen MR) is 30.9 cm³/mol. The van der Waals surface area contributed by atoms with Gasteiger partial charge in [-0.05, 0) is 0 Å². The van der Waals surface area contributed by atoms with Crippen molar-refractivity contribution in [3.05, 3.63) is 0 Å². The summed E-state index contributed by atoms with van der Waals surface area (Å²) in [4.78, 5) is 10.5. The molecule has 0 aromatic carbocycles. The van der Waals surface area contributed by atoms with Gasteiger partial charge in [-0.2, -0.15) is 0 Å². The highest BCUT2D eigenvalue weighted by molar-refractivity contribution is 5.77. The Kier molecular flexibility index (Phi) is 1.89. The second-order valence-corrected chi connectivity index (χ2v) is 2.21. The maximum atomic E-state index is 10.5. The molecule has 10 heavy (non-hydrogen) atoms. The first-order valence-electron chi connectivity index (χ1n) is 2.91. The lowest BCUT2D eigenvalue weighted by atomic mass is 10.1. The molecular formula is C5H9NO4. The quantitative estimate of drug-likeness (QED) is 0.332. The third-order valence-electron chi connectivity index (χ3n) is 1.43. The Morgan fingerprint density at radius 2 is 2.20 bits per heavy atom. The van der Waals surface area contributed by atoms with Crippen LogP contribution >= 0.6 is 0 Å². The average molecular weight is 147 g/mol. The summed E-state index contributed by atoms with van der Waals surface area (Å²) in [5.41, 5.74) is 5.13. The van der Waals surface area contributed by atoms with Crippen molar-refractivity contribution in [3.63, 3.8) is 0 Å². The van der Waals surface area contributed by atoms with Crippen LogP contribution in [0.25, 0.3) is 0 Å². The Morgan fingerprint density at radius 1 is 1.60 bits per heavy atom. The Bertz CT molecular complexity index is 149. The van der Waals surface area contributed by atoms with Crippen molar-refractivity contribution in [2.24, 2.45) is 5.73 Å². The van der Waals surface area contributed by atoms with Crippen molar-refractivity contribution in [2.75, 3.05) is 6.61 Å². The van der Waals surface area contributed by atoms with Gasteiger partial charge in [0.05, 0.1) is 0 Å². The fourth-order valence-electron chi connectivity index (χ4n) is 0.741. The van der Waals surface area contributed by atoms with E-state index in [1.165, 1.54) is 0 Å². The SMILES string of the molecule is NC1C(=O)OC[C@@H](O)C1O. The number of carbonyl (C=O) groups excluding carboxylic acids is 1. The predicted octanol–water partition coefficient (Wildman–Crippen LogP) is -2.41. The van der Waals surface area contributed by atoms with Crippen LogP contribution in [0.2, 0.25) is 0 Å². The third kappa shape index (κ3) is 1.11. The van der Waals surface area contributed by atoms with Crippen molar-refractivity contribution in [1.82, 2.24) is 0 Å². The minimum Gasteiger partial charge on any atom is -0.462 e. The average Bonchev–Trinajstić information content (AvgIpc) is 1.93. The van der Waals surface area contributed by atoms with Gasteiger partial charge in [0.15, 0.2) is 0 Å². The fraction of sp³-hybridized carbons (Fsp3) is 0.800. The van der Waals surface area contributed by atoms with Crippen molar-refractivity contribution >= 4 is 5.97 Å². The first-order chi connectivity index (χ1) is 4.63. The molecule has 1 aliphatic heterocycles. The van der Waals surface area contributed by atoms with E-state index in [-0.39, 0.29) is 6.61 Å². The highest BCUT2D eigenvalue weighted by Gasteiger charge is 2.35. The van der Waals surface area contributed by atoms with Crippen LogP contribution in [0, 0.1) is 0 Å². The monoisotopic (exact) mass is 147 g/mol. The summed E-state index contributed by atoms with van der Waals surface area (Å²) in [7, 11) is 0. The lowest BCUT2D eigenvalue weighted by Crippen LogP contribution is -2.55. The molecule has 58 valence electrons. The largest absolute Gasteiger partial charge is 0.462 e. The number of aliphatic hydroxyl groups is 2. The van der Waals surface area contributed by atoms with Crippen LogP contribution in [0.5, 0.6) is 0 Å². The van der Waals surface area contributed by atoms with Gasteiger partial charge in [-0.3, -0.25) is 4.79 Å². The van der Waals surface area contributed by atoms with E-state index < -0.39 is 24.2 Å². The topological polar surface area (TPSA) is 92.8 Å². The minimum absolute atomic E-state index is 0.173. The summed E-state index contributed by atoms with van der Waals surface area (Å²) >= 11 is 0. The van der Waals surface area contributed by atoms with E-state index in [0.717, 1.165) is 0 Å². The Balaban J connectivity index is 2.60. The van der Waals surface area contributed by atoms with E-state index in [4.69, 9.17) is 15.9 Å². The van der Waals surface area contributed by atoms with Crippen molar-refractivity contribution in [3.8, 4) is 0 Å². The number of hydrogen-bond acceptors (Lipinski definition) is 5. The van der Waals surface area contributed by atoms with Gasteiger partial charge in [-0.25, -0.2) is 0 Å². The van der Waals surface area contributed by atoms with Crippen LogP contribution in [0.4, 0.5) is 0 Å². The molecule has 0 aromatic rings. The highest BCUT2D eigenvalue weighted by atomic mass is 16.5. The highest BCUT2D eigenvalue weighted by Crippen LogP contribution is 2.07. The van der Waals surface area contributed by atoms with Crippen LogP contribution in [0.1, 0.15) is 0 Å². The minimum atomic E-state index is -1.19. The van der Waals surface area contributed by atoms with Crippen LogP contribution < -0.4 is 5.73 Å². The Morgan fingerprint density at radius 3 is 2.70 bits per heavy atom. The van der Waals surface area contributed by atoms with Gasteiger partial charge in [-0.1, -0.05) is 0 Å². The van der Waals surface area contributed by atoms with Crippen molar-refractivity contribution in [1.29, 1.82) is 0 Å². The smallest absolute Gasteiger partial charge is 0.325 e. The number of hydrogen-bond donors (Lipinski definition) is 3. The van der Waals surface area contributed by atoms with Gasteiger partial charge < -0.3 is 20.7 Å². The standard InChI is InChI=1S/C5H9NO4/c6-3-4(8)2(7)1-10-5(3)9/h2-4,7-8H,1,6H2/t2-,3?,4?/m1/s1. The molecule has 0 radical (unpaired) electrons. The molecule has 0 bridgehead atoms. The molecule has 1 fully saturated rings. The number of esters is 1. The third-order valence-corrected chi connectivity index (χ3v) is 1.43. The Labute approximate surface area is 57.4 Å². The zero-order valence-electron chi connectivity index (χ0n) is 5.23. The zero-order chi connectivity index (χ0) is 7.72. The molecule has 1 heterocycles. The molecule has 4 N–H and O–H groups in total. The lowest BCUT2D eigenvalue weighted by molar-refractivity contribution is -0.166. The molecular weight excluding hydrogens is 138 g/mol. The molecule has 5 nitrogen and oxygen atoms in total. The first-order valence-corrected chi connectivity index (χ1v) is 2.91. The summed E-state index contributed by atoms with van der Waals surface area (Å²) in [5.74, 6) is -0.669. The van der Waals surface area contributed by atoms with Gasteiger partial charge in [0.1, 0.15) is 24.9 Å². The molecule has 0 aliphatic carbocycles. The second-order valence-electron chi connectivity index (χ2n) is 2.21. The number of ether oxygens (including phenoxy) is 1. The number of aliphatic hydroxyl groups excluding tert-OH is 2. The van der Waals surface area contributed by atoms with Crippen LogP contribution in [-0.4, -0.2) is 41.0 Å². The number of nitrogens with two attached hydrogens (primary N) is 1. The fourth-order valence-corrected chi connectivity index (χ4v) is 0.741. The van der Waals surface area contributed by atoms with Gasteiger partial charge in [-0.15, -0.1) is 0 Å². The van der Waals surface area contributed by atoms with Gasteiger partial charge in [0, 0.05) is 0 Å². The van der Waals surface area contributed by atoms with Crippen molar-refractivity contribution < 1.29 is 19.7 Å². The van der Waals surface area contributed by atoms with E-state index in [1.807, 2.05) is 0 Å². The first kappa shape index (κ1) is 7.46. The van der Waals surface area contributed by atoms with Gasteiger partial charge >= 0.3 is 5.97 Å². The summed E-state index contributed by atoms with van der Waals surface area (Å²) < 4.78 is 4.40. The van der Waals surface area contributed by atoms with Gasteiger partial charge in [0.25, 0.3) is 0 Å². The molecule has 0 aromatic heterocycles. The molecule has 0 saturated carbocycles. The van der Waals surface area contributed by atoms with Crippen LogP contribution in [0.15, 0.2) is 0 Å². The number of carbonyl (C=O) groups is 1. The van der Waals surface area contributed by atoms with Crippen LogP contribution in [0.3, 0.4) is 0 Å². The summed E-state index contributed by atoms with van der Waals surface area (Å²) in [5, 5.41) is 17.8. The Hall–Kier alpha value is -0.650. The molecule has 5 heteroatoms.